The summed E-state index contributed by atoms with van der Waals surface area (Å²) in [5.41, 5.74) is 1.19. The highest BCUT2D eigenvalue weighted by atomic mass is 32.1. The van der Waals surface area contributed by atoms with Crippen LogP contribution in [-0.4, -0.2) is 40.9 Å². The van der Waals surface area contributed by atoms with Gasteiger partial charge in [0, 0.05) is 55.8 Å². The van der Waals surface area contributed by atoms with Crippen molar-refractivity contribution in [3.63, 3.8) is 0 Å². The lowest BCUT2D eigenvalue weighted by atomic mass is 10.1. The van der Waals surface area contributed by atoms with Crippen molar-refractivity contribution in [2.24, 2.45) is 0 Å². The second kappa shape index (κ2) is 7.21. The lowest BCUT2D eigenvalue weighted by molar-refractivity contribution is -0.385. The van der Waals surface area contributed by atoms with Crippen LogP contribution in [0.5, 0.6) is 0 Å². The minimum Gasteiger partial charge on any atom is -0.296 e. The Kier molecular flexibility index (Phi) is 5.05. The Bertz CT molecular complexity index is 652. The predicted molar refractivity (Wildman–Crippen MR) is 92.7 cm³/mol. The summed E-state index contributed by atoms with van der Waals surface area (Å²) in [6.07, 6.45) is 0. The van der Waals surface area contributed by atoms with Gasteiger partial charge in [0.1, 0.15) is 0 Å². The fourth-order valence-electron chi connectivity index (χ4n) is 3.04. The van der Waals surface area contributed by atoms with Crippen LogP contribution < -0.4 is 0 Å². The molecule has 0 radical (unpaired) electrons. The number of rotatable bonds is 5. The van der Waals surface area contributed by atoms with Gasteiger partial charge in [0.15, 0.2) is 0 Å². The number of hydrogen-bond acceptors (Lipinski definition) is 5. The van der Waals surface area contributed by atoms with Gasteiger partial charge in [-0.25, -0.2) is 0 Å². The zero-order valence-corrected chi connectivity index (χ0v) is 14.0. The van der Waals surface area contributed by atoms with E-state index in [2.05, 4.69) is 34.2 Å². The number of nitrogens with zero attached hydrogens (tertiary/aromatic N) is 3. The van der Waals surface area contributed by atoms with Gasteiger partial charge < -0.3 is 0 Å². The Morgan fingerprint density at radius 2 is 2.00 bits per heavy atom. The van der Waals surface area contributed by atoms with Crippen LogP contribution in [0.3, 0.4) is 0 Å². The topological polar surface area (TPSA) is 49.6 Å². The van der Waals surface area contributed by atoms with Crippen molar-refractivity contribution in [1.82, 2.24) is 9.80 Å². The van der Waals surface area contributed by atoms with Crippen molar-refractivity contribution < 1.29 is 4.92 Å². The Balaban J connectivity index is 1.58. The van der Waals surface area contributed by atoms with E-state index in [0.29, 0.717) is 0 Å². The Morgan fingerprint density at radius 1 is 1.22 bits per heavy atom. The molecule has 1 fully saturated rings. The molecule has 0 spiro atoms. The number of nitro benzene ring substituents is 1. The fraction of sp³-hybridized carbons (Fsp3) is 0.412. The molecule has 0 bridgehead atoms. The molecule has 1 saturated heterocycles. The van der Waals surface area contributed by atoms with E-state index < -0.39 is 0 Å². The van der Waals surface area contributed by atoms with Gasteiger partial charge in [0.25, 0.3) is 5.69 Å². The molecule has 2 heterocycles. The standard InChI is InChI=1S/C17H21N3O2S/c1-14(15-4-2-5-16(12-15)20(21)22)19-9-7-18(8-10-19)13-17-6-3-11-23-17/h2-6,11-12,14H,7-10,13H2,1H3. The third kappa shape index (κ3) is 3.96. The second-order valence-electron chi connectivity index (χ2n) is 5.92. The summed E-state index contributed by atoms with van der Waals surface area (Å²) < 4.78 is 0. The molecule has 0 aliphatic carbocycles. The van der Waals surface area contributed by atoms with Crippen molar-refractivity contribution >= 4 is 17.0 Å². The minimum atomic E-state index is -0.324. The lowest BCUT2D eigenvalue weighted by Gasteiger charge is -2.38. The van der Waals surface area contributed by atoms with E-state index in [-0.39, 0.29) is 16.7 Å². The Hall–Kier alpha value is -1.76. The van der Waals surface area contributed by atoms with E-state index in [4.69, 9.17) is 0 Å². The normalized spacial score (nSPS) is 18.0. The molecule has 1 unspecified atom stereocenters. The van der Waals surface area contributed by atoms with Crippen molar-refractivity contribution in [2.75, 3.05) is 26.2 Å². The maximum absolute atomic E-state index is 10.9. The summed E-state index contributed by atoms with van der Waals surface area (Å²) in [5, 5.41) is 13.1. The molecule has 0 N–H and O–H groups in total. The van der Waals surface area contributed by atoms with Crippen molar-refractivity contribution in [2.45, 2.75) is 19.5 Å². The van der Waals surface area contributed by atoms with Crippen LogP contribution in [0.15, 0.2) is 41.8 Å². The molecule has 122 valence electrons. The first-order valence-electron chi connectivity index (χ1n) is 7.86. The van der Waals surface area contributed by atoms with Crippen LogP contribution in [-0.2, 0) is 6.54 Å². The molecule has 1 aromatic carbocycles. The molecule has 0 saturated carbocycles. The van der Waals surface area contributed by atoms with Gasteiger partial charge in [-0.15, -0.1) is 11.3 Å². The van der Waals surface area contributed by atoms with Crippen molar-refractivity contribution in [3.8, 4) is 0 Å². The van der Waals surface area contributed by atoms with E-state index in [1.165, 1.54) is 4.88 Å². The molecule has 2 aromatic rings. The second-order valence-corrected chi connectivity index (χ2v) is 6.95. The highest BCUT2D eigenvalue weighted by molar-refractivity contribution is 7.09. The van der Waals surface area contributed by atoms with Gasteiger partial charge in [-0.05, 0) is 23.9 Å². The summed E-state index contributed by atoms with van der Waals surface area (Å²) in [6, 6.07) is 11.5. The van der Waals surface area contributed by atoms with Gasteiger partial charge in [-0.1, -0.05) is 18.2 Å². The summed E-state index contributed by atoms with van der Waals surface area (Å²) in [4.78, 5) is 16.9. The molecule has 5 nitrogen and oxygen atoms in total. The monoisotopic (exact) mass is 331 g/mol. The fourth-order valence-corrected chi connectivity index (χ4v) is 3.79. The van der Waals surface area contributed by atoms with Crippen LogP contribution in [0.4, 0.5) is 5.69 Å². The first kappa shape index (κ1) is 16.1. The first-order chi connectivity index (χ1) is 11.1. The van der Waals surface area contributed by atoms with Gasteiger partial charge in [-0.2, -0.15) is 0 Å². The largest absolute Gasteiger partial charge is 0.296 e. The van der Waals surface area contributed by atoms with Crippen LogP contribution in [0.25, 0.3) is 0 Å². The molecular formula is C17H21N3O2S. The highest BCUT2D eigenvalue weighted by Crippen LogP contribution is 2.25. The quantitative estimate of drug-likeness (QED) is 0.621. The Morgan fingerprint density at radius 3 is 2.65 bits per heavy atom. The zero-order chi connectivity index (χ0) is 16.2. The van der Waals surface area contributed by atoms with Gasteiger partial charge in [-0.3, -0.25) is 19.9 Å². The molecule has 1 aliphatic heterocycles. The SMILES string of the molecule is CC(c1cccc([N+](=O)[O-])c1)N1CCN(Cc2cccs2)CC1. The van der Waals surface area contributed by atoms with Gasteiger partial charge in [0.2, 0.25) is 0 Å². The predicted octanol–water partition coefficient (Wildman–Crippen LogP) is 3.54. The molecule has 1 aromatic heterocycles. The van der Waals surface area contributed by atoms with Crippen LogP contribution >= 0.6 is 11.3 Å². The van der Waals surface area contributed by atoms with Crippen LogP contribution in [0, 0.1) is 10.1 Å². The third-order valence-electron chi connectivity index (χ3n) is 4.48. The summed E-state index contributed by atoms with van der Waals surface area (Å²) in [7, 11) is 0. The number of nitro groups is 1. The number of benzene rings is 1. The molecule has 6 heteroatoms. The summed E-state index contributed by atoms with van der Waals surface area (Å²) in [5.74, 6) is 0. The van der Waals surface area contributed by atoms with Gasteiger partial charge in [0.05, 0.1) is 4.92 Å². The summed E-state index contributed by atoms with van der Waals surface area (Å²) >= 11 is 1.81. The average Bonchev–Trinajstić information content (AvgIpc) is 3.08. The van der Waals surface area contributed by atoms with E-state index in [1.54, 1.807) is 29.5 Å². The number of thiophene rings is 1. The maximum atomic E-state index is 10.9. The van der Waals surface area contributed by atoms with E-state index in [1.807, 2.05) is 6.07 Å². The number of non-ortho nitro benzene ring substituents is 1. The van der Waals surface area contributed by atoms with Crippen molar-refractivity contribution in [3.05, 3.63) is 62.3 Å². The molecule has 3 rings (SSSR count). The average molecular weight is 331 g/mol. The van der Waals surface area contributed by atoms with Crippen molar-refractivity contribution in [1.29, 1.82) is 0 Å². The molecule has 1 atom stereocenters. The van der Waals surface area contributed by atoms with Gasteiger partial charge >= 0.3 is 0 Å². The molecule has 23 heavy (non-hydrogen) atoms. The van der Waals surface area contributed by atoms with Crippen LogP contribution in [0.1, 0.15) is 23.4 Å². The number of piperazine rings is 1. The zero-order valence-electron chi connectivity index (χ0n) is 13.2. The molecule has 0 amide bonds. The molecular weight excluding hydrogens is 310 g/mol. The lowest BCUT2D eigenvalue weighted by Crippen LogP contribution is -2.46. The van der Waals surface area contributed by atoms with E-state index in [9.17, 15) is 10.1 Å². The minimum absolute atomic E-state index is 0.172. The highest BCUT2D eigenvalue weighted by Gasteiger charge is 2.23. The van der Waals surface area contributed by atoms with Crippen LogP contribution in [0.2, 0.25) is 0 Å². The third-order valence-corrected chi connectivity index (χ3v) is 5.34. The molecule has 1 aliphatic rings. The number of hydrogen-bond donors (Lipinski definition) is 0. The van der Waals surface area contributed by atoms with E-state index in [0.717, 1.165) is 38.3 Å². The maximum Gasteiger partial charge on any atom is 0.269 e. The first-order valence-corrected chi connectivity index (χ1v) is 8.74. The smallest absolute Gasteiger partial charge is 0.269 e. The van der Waals surface area contributed by atoms with E-state index >= 15 is 0 Å². The summed E-state index contributed by atoms with van der Waals surface area (Å²) in [6.45, 7) is 7.23. The Labute approximate surface area is 140 Å².